The quantitative estimate of drug-likeness (QED) is 0.401. The summed E-state index contributed by atoms with van der Waals surface area (Å²) in [5, 5.41) is 8.48. The third-order valence-corrected chi connectivity index (χ3v) is 3.84. The SMILES string of the molecule is N#CCOc1ccc(COC(=O)/C=C/c2ccc(Oc3cccnc3)c(F)c2)cc1. The predicted octanol–water partition coefficient (Wildman–Crippen LogP) is 4.67. The van der Waals surface area contributed by atoms with E-state index in [-0.39, 0.29) is 19.0 Å². The first kappa shape index (κ1) is 20.6. The molecule has 3 rings (SSSR count). The molecule has 0 aliphatic heterocycles. The molecule has 0 spiro atoms. The van der Waals surface area contributed by atoms with Crippen LogP contribution in [0, 0.1) is 17.1 Å². The predicted molar refractivity (Wildman–Crippen MR) is 107 cm³/mol. The fourth-order valence-corrected chi connectivity index (χ4v) is 2.40. The largest absolute Gasteiger partial charge is 0.479 e. The molecule has 30 heavy (non-hydrogen) atoms. The van der Waals surface area contributed by atoms with Gasteiger partial charge in [-0.1, -0.05) is 18.2 Å². The minimum absolute atomic E-state index is 0.0315. The van der Waals surface area contributed by atoms with Crippen molar-refractivity contribution in [2.75, 3.05) is 6.61 Å². The van der Waals surface area contributed by atoms with Gasteiger partial charge in [-0.15, -0.1) is 0 Å². The highest BCUT2D eigenvalue weighted by Gasteiger charge is 2.06. The summed E-state index contributed by atoms with van der Waals surface area (Å²) in [7, 11) is 0. The number of benzene rings is 2. The van der Waals surface area contributed by atoms with Gasteiger partial charge in [-0.25, -0.2) is 9.18 Å². The van der Waals surface area contributed by atoms with E-state index < -0.39 is 11.8 Å². The molecule has 0 amide bonds. The Bertz CT molecular complexity index is 1060. The summed E-state index contributed by atoms with van der Waals surface area (Å²) < 4.78 is 30.0. The minimum Gasteiger partial charge on any atom is -0.479 e. The molecule has 0 unspecified atom stereocenters. The Morgan fingerprint density at radius 3 is 2.67 bits per heavy atom. The first-order chi connectivity index (χ1) is 14.6. The van der Waals surface area contributed by atoms with Crippen LogP contribution in [0.4, 0.5) is 4.39 Å². The maximum Gasteiger partial charge on any atom is 0.331 e. The normalized spacial score (nSPS) is 10.4. The molecule has 0 N–H and O–H groups in total. The molecular weight excluding hydrogens is 387 g/mol. The van der Waals surface area contributed by atoms with E-state index in [0.717, 1.165) is 5.56 Å². The number of esters is 1. The molecule has 1 aromatic heterocycles. The van der Waals surface area contributed by atoms with Gasteiger partial charge < -0.3 is 14.2 Å². The average Bonchev–Trinajstić information content (AvgIpc) is 2.78. The lowest BCUT2D eigenvalue weighted by Crippen LogP contribution is -2.01. The highest BCUT2D eigenvalue weighted by atomic mass is 19.1. The van der Waals surface area contributed by atoms with Crippen LogP contribution in [-0.2, 0) is 16.1 Å². The summed E-state index contributed by atoms with van der Waals surface area (Å²) >= 11 is 0. The molecule has 0 aliphatic carbocycles. The number of hydrogen-bond donors (Lipinski definition) is 0. The molecule has 6 nitrogen and oxygen atoms in total. The molecule has 7 heteroatoms. The fraction of sp³-hybridized carbons (Fsp3) is 0.0870. The summed E-state index contributed by atoms with van der Waals surface area (Å²) in [6.07, 6.45) is 5.76. The Hall–Kier alpha value is -4.18. The Morgan fingerprint density at radius 1 is 1.13 bits per heavy atom. The Balaban J connectivity index is 1.52. The zero-order valence-corrected chi connectivity index (χ0v) is 15.8. The third-order valence-electron chi connectivity index (χ3n) is 3.84. The van der Waals surface area contributed by atoms with Gasteiger partial charge in [-0.05, 0) is 53.6 Å². The van der Waals surface area contributed by atoms with Crippen molar-refractivity contribution in [3.05, 3.63) is 90.0 Å². The molecule has 0 bridgehead atoms. The lowest BCUT2D eigenvalue weighted by atomic mass is 10.2. The van der Waals surface area contributed by atoms with Crippen molar-refractivity contribution in [3.63, 3.8) is 0 Å². The number of nitrogens with zero attached hydrogens (tertiary/aromatic N) is 2. The van der Waals surface area contributed by atoms with E-state index in [2.05, 4.69) is 4.98 Å². The van der Waals surface area contributed by atoms with E-state index in [9.17, 15) is 9.18 Å². The van der Waals surface area contributed by atoms with Gasteiger partial charge in [-0.3, -0.25) is 4.98 Å². The number of carbonyl (C=O) groups excluding carboxylic acids is 1. The number of aromatic nitrogens is 1. The van der Waals surface area contributed by atoms with Crippen LogP contribution in [0.5, 0.6) is 17.2 Å². The third kappa shape index (κ3) is 6.17. The second kappa shape index (κ2) is 10.4. The molecule has 1 heterocycles. The number of rotatable bonds is 8. The number of pyridine rings is 1. The van der Waals surface area contributed by atoms with E-state index in [4.69, 9.17) is 19.5 Å². The summed E-state index contributed by atoms with van der Waals surface area (Å²) in [6, 6.07) is 16.4. The molecule has 0 saturated carbocycles. The molecule has 0 fully saturated rings. The van der Waals surface area contributed by atoms with Crippen LogP contribution in [0.2, 0.25) is 0 Å². The topological polar surface area (TPSA) is 81.4 Å². The van der Waals surface area contributed by atoms with Crippen molar-refractivity contribution < 1.29 is 23.4 Å². The summed E-state index contributed by atoms with van der Waals surface area (Å²) in [6.45, 7) is 0.0459. The lowest BCUT2D eigenvalue weighted by molar-refractivity contribution is -0.138. The molecular formula is C23H17FN2O4. The number of ether oxygens (including phenoxy) is 3. The van der Waals surface area contributed by atoms with E-state index in [1.807, 2.05) is 6.07 Å². The zero-order chi connectivity index (χ0) is 21.2. The summed E-state index contributed by atoms with van der Waals surface area (Å²) in [4.78, 5) is 15.8. The van der Waals surface area contributed by atoms with Crippen LogP contribution >= 0.6 is 0 Å². The van der Waals surface area contributed by atoms with Gasteiger partial charge in [0.25, 0.3) is 0 Å². The van der Waals surface area contributed by atoms with Crippen LogP contribution in [0.15, 0.2) is 73.1 Å². The van der Waals surface area contributed by atoms with Gasteiger partial charge in [0.1, 0.15) is 24.2 Å². The Labute approximate surface area is 172 Å². The molecule has 3 aromatic rings. The molecule has 0 saturated heterocycles. The molecule has 0 aliphatic rings. The molecule has 0 radical (unpaired) electrons. The van der Waals surface area contributed by atoms with Gasteiger partial charge in [0.2, 0.25) is 0 Å². The van der Waals surface area contributed by atoms with Crippen LogP contribution < -0.4 is 9.47 Å². The fourth-order valence-electron chi connectivity index (χ4n) is 2.40. The van der Waals surface area contributed by atoms with Crippen LogP contribution in [0.25, 0.3) is 6.08 Å². The maximum atomic E-state index is 14.2. The standard InChI is InChI=1S/C23H17FN2O4/c24-21-14-17(5-9-22(21)30-20-2-1-12-26-15-20)6-10-23(27)29-16-18-3-7-19(8-4-18)28-13-11-25/h1-10,12,14-15H,13,16H2/b10-6+. The highest BCUT2D eigenvalue weighted by Crippen LogP contribution is 2.24. The van der Waals surface area contributed by atoms with Crippen molar-refractivity contribution in [1.82, 2.24) is 4.98 Å². The second-order valence-corrected chi connectivity index (χ2v) is 6.01. The number of nitriles is 1. The highest BCUT2D eigenvalue weighted by molar-refractivity contribution is 5.87. The van der Waals surface area contributed by atoms with Crippen molar-refractivity contribution in [1.29, 1.82) is 5.26 Å². The Kier molecular flexibility index (Phi) is 7.12. The van der Waals surface area contributed by atoms with Crippen LogP contribution in [0.1, 0.15) is 11.1 Å². The van der Waals surface area contributed by atoms with Gasteiger partial charge in [0.15, 0.2) is 18.2 Å². The van der Waals surface area contributed by atoms with Crippen LogP contribution in [-0.4, -0.2) is 17.6 Å². The summed E-state index contributed by atoms with van der Waals surface area (Å²) in [5.41, 5.74) is 1.26. The van der Waals surface area contributed by atoms with Crippen molar-refractivity contribution in [2.45, 2.75) is 6.61 Å². The minimum atomic E-state index is -0.562. The van der Waals surface area contributed by atoms with Gasteiger partial charge in [0, 0.05) is 12.3 Å². The summed E-state index contributed by atoms with van der Waals surface area (Å²) in [5.74, 6) is -0.0775. The second-order valence-electron chi connectivity index (χ2n) is 6.01. The van der Waals surface area contributed by atoms with Crippen molar-refractivity contribution in [2.24, 2.45) is 0 Å². The first-order valence-corrected chi connectivity index (χ1v) is 8.95. The smallest absolute Gasteiger partial charge is 0.331 e. The maximum absolute atomic E-state index is 14.2. The van der Waals surface area contributed by atoms with E-state index >= 15 is 0 Å². The molecule has 150 valence electrons. The zero-order valence-electron chi connectivity index (χ0n) is 15.8. The van der Waals surface area contributed by atoms with E-state index in [1.54, 1.807) is 48.7 Å². The monoisotopic (exact) mass is 404 g/mol. The van der Waals surface area contributed by atoms with Crippen LogP contribution in [0.3, 0.4) is 0 Å². The first-order valence-electron chi connectivity index (χ1n) is 8.95. The van der Waals surface area contributed by atoms with E-state index in [0.29, 0.717) is 17.1 Å². The van der Waals surface area contributed by atoms with Gasteiger partial charge >= 0.3 is 5.97 Å². The molecule has 0 atom stereocenters. The van der Waals surface area contributed by atoms with Gasteiger partial charge in [-0.2, -0.15) is 5.26 Å². The average molecular weight is 404 g/mol. The Morgan fingerprint density at radius 2 is 1.97 bits per heavy atom. The molecule has 2 aromatic carbocycles. The van der Waals surface area contributed by atoms with Crippen molar-refractivity contribution in [3.8, 4) is 23.3 Å². The number of halogens is 1. The van der Waals surface area contributed by atoms with Crippen molar-refractivity contribution >= 4 is 12.0 Å². The number of carbonyl (C=O) groups is 1. The van der Waals surface area contributed by atoms with Gasteiger partial charge in [0.05, 0.1) is 6.20 Å². The van der Waals surface area contributed by atoms with E-state index in [1.165, 1.54) is 30.5 Å². The lowest BCUT2D eigenvalue weighted by Gasteiger charge is -2.06. The number of hydrogen-bond acceptors (Lipinski definition) is 6.